The van der Waals surface area contributed by atoms with E-state index < -0.39 is 87.6 Å². The summed E-state index contributed by atoms with van der Waals surface area (Å²) in [6.07, 6.45) is 4.06. The van der Waals surface area contributed by atoms with E-state index in [4.69, 9.17) is 28.1 Å². The highest BCUT2D eigenvalue weighted by Gasteiger charge is 2.90. The molecule has 3 aliphatic heterocycles. The highest BCUT2D eigenvalue weighted by molar-refractivity contribution is 5.88. The van der Waals surface area contributed by atoms with Gasteiger partial charge in [0.2, 0.25) is 0 Å². The number of cyclic esters (lactones) is 1. The molecule has 1 aromatic heterocycles. The van der Waals surface area contributed by atoms with Crippen molar-refractivity contribution in [3.63, 3.8) is 0 Å². The molecular weight excluding hydrogens is 584 g/mol. The van der Waals surface area contributed by atoms with Gasteiger partial charge in [-0.3, -0.25) is 9.59 Å². The summed E-state index contributed by atoms with van der Waals surface area (Å²) in [6, 6.07) is 1.74. The topological polar surface area (TPSA) is 148 Å². The summed E-state index contributed by atoms with van der Waals surface area (Å²) in [6.45, 7) is 12.3. The first-order chi connectivity index (χ1) is 21.0. The zero-order valence-corrected chi connectivity index (χ0v) is 27.0. The molecule has 2 saturated carbocycles. The van der Waals surface area contributed by atoms with E-state index in [1.807, 2.05) is 27.7 Å². The number of esters is 4. The Kier molecular flexibility index (Phi) is 7.03. The Bertz CT molecular complexity index is 1510. The minimum absolute atomic E-state index is 0.0874. The lowest BCUT2D eigenvalue weighted by molar-refractivity contribution is -0.325. The lowest BCUT2D eigenvalue weighted by atomic mass is 9.37. The van der Waals surface area contributed by atoms with Crippen LogP contribution in [-0.4, -0.2) is 59.7 Å². The average molecular weight is 627 g/mol. The molecule has 1 N–H and O–H groups in total. The molecule has 1 spiro atoms. The van der Waals surface area contributed by atoms with Crippen LogP contribution in [0.1, 0.15) is 79.4 Å². The third kappa shape index (κ3) is 3.89. The number of rotatable bonds is 6. The molecule has 10 atom stereocenters. The Morgan fingerprint density at radius 3 is 2.42 bits per heavy atom. The minimum Gasteiger partial charge on any atom is -0.472 e. The van der Waals surface area contributed by atoms with E-state index in [1.54, 1.807) is 26.0 Å². The molecule has 5 aliphatic rings. The molecule has 0 amide bonds. The monoisotopic (exact) mass is 626 g/mol. The Labute approximate surface area is 262 Å². The van der Waals surface area contributed by atoms with Crippen LogP contribution in [0.2, 0.25) is 0 Å². The molecule has 1 aromatic rings. The Morgan fingerprint density at radius 2 is 1.82 bits per heavy atom. The van der Waals surface area contributed by atoms with Crippen LogP contribution in [0.5, 0.6) is 0 Å². The molecule has 0 radical (unpaired) electrons. The van der Waals surface area contributed by atoms with E-state index in [0.717, 1.165) is 0 Å². The third-order valence-electron chi connectivity index (χ3n) is 12.0. The van der Waals surface area contributed by atoms with E-state index in [2.05, 4.69) is 0 Å². The second kappa shape index (κ2) is 10.0. The lowest BCUT2D eigenvalue weighted by Gasteiger charge is -2.66. The molecule has 4 heterocycles. The van der Waals surface area contributed by atoms with Crippen LogP contribution in [0.15, 0.2) is 46.3 Å². The van der Waals surface area contributed by atoms with Gasteiger partial charge in [0.05, 0.1) is 25.6 Å². The van der Waals surface area contributed by atoms with Crippen molar-refractivity contribution in [1.29, 1.82) is 0 Å². The molecule has 244 valence electrons. The fourth-order valence-electron chi connectivity index (χ4n) is 9.94. The van der Waals surface area contributed by atoms with Crippen LogP contribution in [-0.2, 0) is 42.9 Å². The summed E-state index contributed by atoms with van der Waals surface area (Å²) in [5, 5.41) is 13.0. The van der Waals surface area contributed by atoms with Gasteiger partial charge in [0.15, 0.2) is 5.79 Å². The number of ether oxygens (including phenoxy) is 5. The summed E-state index contributed by atoms with van der Waals surface area (Å²) in [5.74, 6) is -6.52. The normalized spacial score (nSPS) is 42.6. The van der Waals surface area contributed by atoms with Crippen molar-refractivity contribution in [1.82, 2.24) is 0 Å². The summed E-state index contributed by atoms with van der Waals surface area (Å²) in [7, 11) is 1.31. The molecule has 0 aromatic carbocycles. The van der Waals surface area contributed by atoms with Gasteiger partial charge in [-0.2, -0.15) is 0 Å². The smallest absolute Gasteiger partial charge is 0.333 e. The van der Waals surface area contributed by atoms with E-state index in [-0.39, 0.29) is 6.42 Å². The van der Waals surface area contributed by atoms with Crippen molar-refractivity contribution in [2.45, 2.75) is 97.4 Å². The summed E-state index contributed by atoms with van der Waals surface area (Å²) >= 11 is 0. The first-order valence-electron chi connectivity index (χ1n) is 15.5. The largest absolute Gasteiger partial charge is 0.472 e. The van der Waals surface area contributed by atoms with Crippen LogP contribution in [0.25, 0.3) is 0 Å². The quantitative estimate of drug-likeness (QED) is 0.273. The molecule has 6 rings (SSSR count). The van der Waals surface area contributed by atoms with Gasteiger partial charge in [-0.05, 0) is 44.2 Å². The molecule has 4 fully saturated rings. The van der Waals surface area contributed by atoms with Crippen molar-refractivity contribution < 1.29 is 52.4 Å². The maximum absolute atomic E-state index is 13.4. The predicted molar refractivity (Wildman–Crippen MR) is 156 cm³/mol. The van der Waals surface area contributed by atoms with Gasteiger partial charge in [0.25, 0.3) is 0 Å². The summed E-state index contributed by atoms with van der Waals surface area (Å²) in [4.78, 5) is 52.6. The maximum Gasteiger partial charge on any atom is 0.333 e. The van der Waals surface area contributed by atoms with Gasteiger partial charge >= 0.3 is 23.9 Å². The van der Waals surface area contributed by atoms with Crippen LogP contribution in [0, 0.1) is 34.0 Å². The van der Waals surface area contributed by atoms with Gasteiger partial charge in [0.1, 0.15) is 23.9 Å². The Hall–Kier alpha value is -3.44. The lowest BCUT2D eigenvalue weighted by Crippen LogP contribution is -2.76. The summed E-state index contributed by atoms with van der Waals surface area (Å²) < 4.78 is 35.7. The van der Waals surface area contributed by atoms with Crippen molar-refractivity contribution in [2.75, 3.05) is 7.11 Å². The summed E-state index contributed by atoms with van der Waals surface area (Å²) in [5.41, 5.74) is -2.85. The standard InChI is InChI=1S/C34H42O11/c1-9-17(2)29(38)44-27-25-28(42-18(3)35)33-20(32(7,34(25,39)45-33)21(30(27,4)5)14-23(36)40-8)10-12-31(6)22(33)15-24(37)43-26(31)19-11-13-41-16-19/h9,11,13,15-16,20-21,25-28,39H,10,12,14H2,1-8H3/t20-,21+,25?,26+,27-,28-,31-,32-,33-,34+/m1/s1. The fourth-order valence-corrected chi connectivity index (χ4v) is 9.94. The number of aliphatic hydroxyl groups is 1. The number of hydrogen-bond donors (Lipinski definition) is 1. The SMILES string of the molecule is CC=C(C)C(=O)O[C@@H]1C2[C@@H](OC(C)=O)[C@@]34O[C@]2(O)[C@@](C)([C@@H](CC(=O)OC)C1(C)C)[C@H]3CC[C@]1(C)C4=CC(=O)O[C@H]1c1ccoc1. The molecule has 2 saturated heterocycles. The predicted octanol–water partition coefficient (Wildman–Crippen LogP) is 4.34. The molecule has 2 aliphatic carbocycles. The number of allylic oxidation sites excluding steroid dienone is 1. The number of hydrogen-bond acceptors (Lipinski definition) is 11. The van der Waals surface area contributed by atoms with Crippen molar-refractivity contribution >= 4 is 23.9 Å². The molecule has 11 heteroatoms. The number of carbonyl (C=O) groups excluding carboxylic acids is 4. The van der Waals surface area contributed by atoms with Crippen LogP contribution >= 0.6 is 0 Å². The number of fused-ring (bicyclic) bond motifs is 2. The third-order valence-corrected chi connectivity index (χ3v) is 12.0. The zero-order chi connectivity index (χ0) is 32.9. The number of furan rings is 1. The number of carbonyl (C=O) groups is 4. The molecule has 45 heavy (non-hydrogen) atoms. The van der Waals surface area contributed by atoms with E-state index in [1.165, 1.54) is 32.6 Å². The highest BCUT2D eigenvalue weighted by Crippen LogP contribution is 2.81. The van der Waals surface area contributed by atoms with E-state index in [9.17, 15) is 24.3 Å². The average Bonchev–Trinajstić information content (AvgIpc) is 3.64. The zero-order valence-electron chi connectivity index (χ0n) is 27.0. The second-order valence-corrected chi connectivity index (χ2v) is 14.3. The van der Waals surface area contributed by atoms with Crippen LogP contribution in [0.3, 0.4) is 0 Å². The number of methoxy groups -OCH3 is 1. The first-order valence-corrected chi connectivity index (χ1v) is 15.5. The minimum atomic E-state index is -2.03. The fraction of sp³-hybridized carbons (Fsp3) is 0.647. The van der Waals surface area contributed by atoms with Crippen LogP contribution < -0.4 is 0 Å². The highest BCUT2D eigenvalue weighted by atomic mass is 16.7. The molecule has 2 bridgehead atoms. The maximum atomic E-state index is 13.4. The van der Waals surface area contributed by atoms with Gasteiger partial charge in [-0.1, -0.05) is 33.8 Å². The van der Waals surface area contributed by atoms with Crippen molar-refractivity contribution in [3.05, 3.63) is 47.5 Å². The molecular formula is C34H42O11. The van der Waals surface area contributed by atoms with Crippen molar-refractivity contribution in [2.24, 2.45) is 34.0 Å². The van der Waals surface area contributed by atoms with Gasteiger partial charge in [0, 0.05) is 52.7 Å². The van der Waals surface area contributed by atoms with E-state index in [0.29, 0.717) is 29.6 Å². The Balaban J connectivity index is 1.62. The molecule has 11 nitrogen and oxygen atoms in total. The second-order valence-electron chi connectivity index (χ2n) is 14.3. The van der Waals surface area contributed by atoms with E-state index >= 15 is 0 Å². The van der Waals surface area contributed by atoms with Gasteiger partial charge < -0.3 is 33.2 Å². The first kappa shape index (κ1) is 31.5. The van der Waals surface area contributed by atoms with Crippen LogP contribution in [0.4, 0.5) is 0 Å². The molecule has 1 unspecified atom stereocenters. The van der Waals surface area contributed by atoms with Gasteiger partial charge in [-0.15, -0.1) is 0 Å². The van der Waals surface area contributed by atoms with Gasteiger partial charge in [-0.25, -0.2) is 9.59 Å². The van der Waals surface area contributed by atoms with Crippen molar-refractivity contribution in [3.8, 4) is 0 Å². The Morgan fingerprint density at radius 1 is 1.11 bits per heavy atom.